The van der Waals surface area contributed by atoms with Crippen LogP contribution in [0.4, 0.5) is 5.69 Å². The van der Waals surface area contributed by atoms with E-state index >= 15 is 0 Å². The maximum atomic E-state index is 12.4. The molecule has 0 bridgehead atoms. The second-order valence-corrected chi connectivity index (χ2v) is 5.81. The van der Waals surface area contributed by atoms with Gasteiger partial charge < -0.3 is 4.74 Å². The normalized spacial score (nSPS) is 24.2. The Labute approximate surface area is 139 Å². The minimum atomic E-state index is -1.06. The fourth-order valence-electron chi connectivity index (χ4n) is 3.08. The number of nitrogens with zero attached hydrogens (tertiary/aromatic N) is 1. The Hall–Kier alpha value is -3.14. The molecule has 2 heterocycles. The second-order valence-electron chi connectivity index (χ2n) is 5.81. The van der Waals surface area contributed by atoms with E-state index in [1.165, 1.54) is 4.90 Å². The largest absolute Gasteiger partial charge is 0.463 e. The van der Waals surface area contributed by atoms with Gasteiger partial charge in [-0.1, -0.05) is 48.5 Å². The third-order valence-corrected chi connectivity index (χ3v) is 4.16. The molecule has 2 aromatic rings. The topological polar surface area (TPSA) is 46.6 Å². The predicted molar refractivity (Wildman–Crippen MR) is 90.9 cm³/mol. The molecule has 24 heavy (non-hydrogen) atoms. The van der Waals surface area contributed by atoms with E-state index in [0.717, 1.165) is 5.56 Å². The molecule has 0 saturated carbocycles. The third kappa shape index (κ3) is 2.33. The highest BCUT2D eigenvalue weighted by atomic mass is 16.5. The first kappa shape index (κ1) is 14.5. The van der Waals surface area contributed by atoms with Gasteiger partial charge in [0.1, 0.15) is 5.76 Å². The van der Waals surface area contributed by atoms with Gasteiger partial charge >= 0.3 is 0 Å². The zero-order chi connectivity index (χ0) is 16.6. The summed E-state index contributed by atoms with van der Waals surface area (Å²) < 4.78 is 6.06. The zero-order valence-corrected chi connectivity index (χ0v) is 12.9. The van der Waals surface area contributed by atoms with Crippen molar-refractivity contribution in [1.29, 1.82) is 0 Å². The van der Waals surface area contributed by atoms with Crippen molar-refractivity contribution in [1.82, 2.24) is 0 Å². The van der Waals surface area contributed by atoms with Crippen molar-refractivity contribution in [3.05, 3.63) is 84.1 Å². The summed E-state index contributed by atoms with van der Waals surface area (Å²) in [5, 5.41) is 0. The summed E-state index contributed by atoms with van der Waals surface area (Å²) in [7, 11) is 0. The molecule has 0 aliphatic carbocycles. The summed E-state index contributed by atoms with van der Waals surface area (Å²) in [5.41, 5.74) is 0.589. The highest BCUT2D eigenvalue weighted by Gasteiger charge is 2.53. The van der Waals surface area contributed by atoms with Crippen LogP contribution in [0.2, 0.25) is 0 Å². The fraction of sp³-hybridized carbons (Fsp3) is 0.100. The second kappa shape index (κ2) is 5.49. The van der Waals surface area contributed by atoms with E-state index in [1.807, 2.05) is 60.7 Å². The van der Waals surface area contributed by atoms with Crippen LogP contribution >= 0.6 is 0 Å². The molecule has 1 saturated heterocycles. The van der Waals surface area contributed by atoms with Crippen molar-refractivity contribution in [2.75, 3.05) is 4.90 Å². The fourth-order valence-corrected chi connectivity index (χ4v) is 3.08. The van der Waals surface area contributed by atoms with Gasteiger partial charge in [-0.2, -0.15) is 0 Å². The van der Waals surface area contributed by atoms with Gasteiger partial charge in [0.2, 0.25) is 11.5 Å². The average Bonchev–Trinajstić information content (AvgIpc) is 3.10. The lowest BCUT2D eigenvalue weighted by molar-refractivity contribution is -0.133. The van der Waals surface area contributed by atoms with Crippen molar-refractivity contribution in [3.63, 3.8) is 0 Å². The van der Waals surface area contributed by atoms with Crippen LogP contribution in [0.1, 0.15) is 12.0 Å². The first-order chi connectivity index (χ1) is 11.7. The number of hydrogen-bond donors (Lipinski definition) is 0. The Kier molecular flexibility index (Phi) is 3.31. The number of benzene rings is 2. The summed E-state index contributed by atoms with van der Waals surface area (Å²) >= 11 is 0. The summed E-state index contributed by atoms with van der Waals surface area (Å²) in [6.07, 6.45) is 5.51. The number of allylic oxidation sites excluding steroid dienone is 1. The number of carbonyl (C=O) groups is 2. The Morgan fingerprint density at radius 3 is 2.33 bits per heavy atom. The van der Waals surface area contributed by atoms with Crippen LogP contribution < -0.4 is 4.90 Å². The number of carbonyl (C=O) groups excluding carboxylic acids is 2. The Morgan fingerprint density at radius 1 is 0.958 bits per heavy atom. The van der Waals surface area contributed by atoms with E-state index in [2.05, 4.69) is 0 Å². The van der Waals surface area contributed by atoms with E-state index in [4.69, 9.17) is 4.74 Å². The van der Waals surface area contributed by atoms with Gasteiger partial charge in [0.25, 0.3) is 5.91 Å². The Morgan fingerprint density at radius 2 is 1.62 bits per heavy atom. The number of anilines is 1. The number of para-hydroxylation sites is 1. The van der Waals surface area contributed by atoms with Crippen LogP contribution in [0, 0.1) is 0 Å². The summed E-state index contributed by atoms with van der Waals surface area (Å²) in [6.45, 7) is 0. The van der Waals surface area contributed by atoms with E-state index < -0.39 is 17.4 Å². The molecule has 2 aliphatic rings. The van der Waals surface area contributed by atoms with Gasteiger partial charge in [-0.05, 0) is 35.9 Å². The molecular weight excluding hydrogens is 302 g/mol. The van der Waals surface area contributed by atoms with Crippen molar-refractivity contribution in [2.45, 2.75) is 12.1 Å². The molecule has 0 unspecified atom stereocenters. The maximum absolute atomic E-state index is 12.4. The molecule has 1 atom stereocenters. The number of hydrogen-bond acceptors (Lipinski definition) is 3. The van der Waals surface area contributed by atoms with Gasteiger partial charge in [0.15, 0.2) is 0 Å². The Balaban J connectivity index is 1.70. The SMILES string of the molecule is O=C1C[C@@]2(C=C/C(=C/c3ccccc3)O2)N(c2ccccc2)C1=O. The molecule has 0 aromatic heterocycles. The van der Waals surface area contributed by atoms with Crippen molar-refractivity contribution in [2.24, 2.45) is 0 Å². The molecule has 0 radical (unpaired) electrons. The van der Waals surface area contributed by atoms with E-state index in [9.17, 15) is 9.59 Å². The summed E-state index contributed by atoms with van der Waals surface area (Å²) in [4.78, 5) is 25.9. The number of amides is 1. The Bertz CT molecular complexity index is 855. The molecule has 1 spiro atoms. The average molecular weight is 317 g/mol. The van der Waals surface area contributed by atoms with Crippen LogP contribution in [0.5, 0.6) is 0 Å². The summed E-state index contributed by atoms with van der Waals surface area (Å²) in [5.74, 6) is -0.346. The van der Waals surface area contributed by atoms with Gasteiger partial charge in [0.05, 0.1) is 6.42 Å². The standard InChI is InChI=1S/C20H15NO3/c22-18-14-20(21(19(18)23)16-9-5-2-6-10-16)12-11-17(24-20)13-15-7-3-1-4-8-15/h1-13H,14H2/b17-13-/t20-/m0/s1. The number of Topliss-reactive ketones (excluding diaryl/α,β-unsaturated/α-hetero) is 1. The smallest absolute Gasteiger partial charge is 0.298 e. The first-order valence-electron chi connectivity index (χ1n) is 7.75. The highest BCUT2D eigenvalue weighted by Crippen LogP contribution is 2.41. The molecule has 1 fully saturated rings. The lowest BCUT2D eigenvalue weighted by Gasteiger charge is -2.32. The molecule has 0 N–H and O–H groups in total. The molecule has 2 aromatic carbocycles. The van der Waals surface area contributed by atoms with Crippen LogP contribution in [0.15, 0.2) is 78.6 Å². The third-order valence-electron chi connectivity index (χ3n) is 4.16. The minimum Gasteiger partial charge on any atom is -0.463 e. The van der Waals surface area contributed by atoms with E-state index in [0.29, 0.717) is 11.4 Å². The lowest BCUT2D eigenvalue weighted by atomic mass is 10.1. The van der Waals surface area contributed by atoms with Gasteiger partial charge in [-0.15, -0.1) is 0 Å². The molecule has 118 valence electrons. The van der Waals surface area contributed by atoms with Gasteiger partial charge in [-0.3, -0.25) is 14.5 Å². The molecule has 2 aliphatic heterocycles. The number of rotatable bonds is 2. The van der Waals surface area contributed by atoms with Gasteiger partial charge in [-0.25, -0.2) is 0 Å². The summed E-state index contributed by atoms with van der Waals surface area (Å²) in [6, 6.07) is 18.9. The van der Waals surface area contributed by atoms with Crippen LogP contribution in [-0.2, 0) is 14.3 Å². The highest BCUT2D eigenvalue weighted by molar-refractivity contribution is 6.44. The quantitative estimate of drug-likeness (QED) is 0.798. The molecule has 4 rings (SSSR count). The molecular formula is C20H15NO3. The van der Waals surface area contributed by atoms with Crippen LogP contribution in [-0.4, -0.2) is 17.4 Å². The van der Waals surface area contributed by atoms with Crippen molar-refractivity contribution >= 4 is 23.5 Å². The van der Waals surface area contributed by atoms with Gasteiger partial charge in [0, 0.05) is 5.69 Å². The minimum absolute atomic E-state index is 0.0172. The van der Waals surface area contributed by atoms with E-state index in [-0.39, 0.29) is 6.42 Å². The van der Waals surface area contributed by atoms with Crippen molar-refractivity contribution in [3.8, 4) is 0 Å². The van der Waals surface area contributed by atoms with E-state index in [1.54, 1.807) is 18.2 Å². The van der Waals surface area contributed by atoms with Crippen LogP contribution in [0.25, 0.3) is 6.08 Å². The monoisotopic (exact) mass is 317 g/mol. The number of ether oxygens (including phenoxy) is 1. The number of ketones is 1. The molecule has 4 heteroatoms. The zero-order valence-electron chi connectivity index (χ0n) is 12.9. The maximum Gasteiger partial charge on any atom is 0.298 e. The molecule has 1 amide bonds. The molecule has 4 nitrogen and oxygen atoms in total. The lowest BCUT2D eigenvalue weighted by Crippen LogP contribution is -2.44. The predicted octanol–water partition coefficient (Wildman–Crippen LogP) is 3.32. The van der Waals surface area contributed by atoms with Crippen molar-refractivity contribution < 1.29 is 14.3 Å². The van der Waals surface area contributed by atoms with Crippen LogP contribution in [0.3, 0.4) is 0 Å². The first-order valence-corrected chi connectivity index (χ1v) is 7.75.